The second kappa shape index (κ2) is 6.86. The molecule has 3 nitrogen and oxygen atoms in total. The number of piperidine rings is 1. The van der Waals surface area contributed by atoms with E-state index in [9.17, 15) is 4.79 Å². The molecule has 2 rings (SSSR count). The highest BCUT2D eigenvalue weighted by Crippen LogP contribution is 2.37. The van der Waals surface area contributed by atoms with Gasteiger partial charge in [-0.3, -0.25) is 4.79 Å². The van der Waals surface area contributed by atoms with Crippen LogP contribution in [0.2, 0.25) is 0 Å². The largest absolute Gasteiger partial charge is 0.354 e. The van der Waals surface area contributed by atoms with Gasteiger partial charge in [-0.05, 0) is 44.9 Å². The van der Waals surface area contributed by atoms with Crippen molar-refractivity contribution in [2.75, 3.05) is 25.4 Å². The molecular formula is C12H23ClN2OS. The van der Waals surface area contributed by atoms with E-state index in [1.54, 1.807) is 0 Å². The number of rotatable bonds is 3. The van der Waals surface area contributed by atoms with Crippen LogP contribution in [0.25, 0.3) is 0 Å². The molecule has 0 saturated carbocycles. The summed E-state index contributed by atoms with van der Waals surface area (Å²) in [7, 11) is 0. The van der Waals surface area contributed by atoms with Crippen molar-refractivity contribution in [1.82, 2.24) is 10.6 Å². The number of nitrogens with one attached hydrogen (secondary N) is 2. The first-order valence-electron chi connectivity index (χ1n) is 6.32. The lowest BCUT2D eigenvalue weighted by molar-refractivity contribution is -0.125. The van der Waals surface area contributed by atoms with E-state index < -0.39 is 0 Å². The van der Waals surface area contributed by atoms with E-state index >= 15 is 0 Å². The van der Waals surface area contributed by atoms with Crippen LogP contribution in [0.3, 0.4) is 0 Å². The third-order valence-electron chi connectivity index (χ3n) is 3.60. The van der Waals surface area contributed by atoms with Crippen LogP contribution in [0.4, 0.5) is 0 Å². The molecule has 2 fully saturated rings. The number of amides is 1. The van der Waals surface area contributed by atoms with Gasteiger partial charge in [-0.25, -0.2) is 0 Å². The van der Waals surface area contributed by atoms with Gasteiger partial charge >= 0.3 is 0 Å². The minimum absolute atomic E-state index is 0. The fraction of sp³-hybridized carbons (Fsp3) is 0.917. The summed E-state index contributed by atoms with van der Waals surface area (Å²) in [6, 6.07) is 0. The predicted molar refractivity (Wildman–Crippen MR) is 75.9 cm³/mol. The molecule has 0 spiro atoms. The first-order valence-corrected chi connectivity index (χ1v) is 7.31. The smallest absolute Gasteiger partial charge is 0.224 e. The second-order valence-corrected chi connectivity index (χ2v) is 6.85. The van der Waals surface area contributed by atoms with Crippen LogP contribution >= 0.6 is 24.2 Å². The second-order valence-electron chi connectivity index (χ2n) is 5.16. The Morgan fingerprint density at radius 3 is 2.94 bits per heavy atom. The highest BCUT2D eigenvalue weighted by molar-refractivity contribution is 8.00. The van der Waals surface area contributed by atoms with Crippen molar-refractivity contribution < 1.29 is 4.79 Å². The molecule has 5 heteroatoms. The first-order chi connectivity index (χ1) is 7.70. The molecule has 2 atom stereocenters. The van der Waals surface area contributed by atoms with Gasteiger partial charge in [0.15, 0.2) is 0 Å². The zero-order valence-electron chi connectivity index (χ0n) is 10.5. The molecule has 1 amide bonds. The van der Waals surface area contributed by atoms with Gasteiger partial charge in [-0.2, -0.15) is 11.8 Å². The number of carbonyl (C=O) groups is 1. The van der Waals surface area contributed by atoms with Gasteiger partial charge < -0.3 is 10.6 Å². The van der Waals surface area contributed by atoms with Gasteiger partial charge in [0, 0.05) is 17.8 Å². The van der Waals surface area contributed by atoms with Crippen molar-refractivity contribution in [2.45, 2.75) is 37.4 Å². The van der Waals surface area contributed by atoms with Gasteiger partial charge in [-0.1, -0.05) is 0 Å². The molecule has 2 heterocycles. The van der Waals surface area contributed by atoms with E-state index in [0.717, 1.165) is 32.5 Å². The molecule has 2 aliphatic rings. The molecule has 100 valence electrons. The molecule has 0 aliphatic carbocycles. The fourth-order valence-corrected chi connectivity index (χ4v) is 3.71. The Hall–Kier alpha value is 0.0700. The van der Waals surface area contributed by atoms with Crippen molar-refractivity contribution in [3.8, 4) is 0 Å². The number of thioether (sulfide) groups is 1. The molecule has 0 aromatic rings. The Morgan fingerprint density at radius 2 is 2.35 bits per heavy atom. The summed E-state index contributed by atoms with van der Waals surface area (Å²) in [4.78, 5) is 11.9. The topological polar surface area (TPSA) is 41.1 Å². The van der Waals surface area contributed by atoms with Crippen molar-refractivity contribution in [3.05, 3.63) is 0 Å². The van der Waals surface area contributed by atoms with E-state index in [2.05, 4.69) is 17.6 Å². The third kappa shape index (κ3) is 4.34. The lowest BCUT2D eigenvalue weighted by atomic mass is 9.98. The first kappa shape index (κ1) is 15.1. The van der Waals surface area contributed by atoms with Gasteiger partial charge in [0.05, 0.1) is 5.92 Å². The molecule has 2 N–H and O–H groups in total. The van der Waals surface area contributed by atoms with Gasteiger partial charge in [0.25, 0.3) is 0 Å². The molecule has 17 heavy (non-hydrogen) atoms. The Bertz CT molecular complexity index is 251. The van der Waals surface area contributed by atoms with E-state index in [-0.39, 0.29) is 29.0 Å². The molecule has 0 aromatic heterocycles. The number of halogens is 1. The van der Waals surface area contributed by atoms with Crippen LogP contribution in [-0.2, 0) is 4.79 Å². The highest BCUT2D eigenvalue weighted by atomic mass is 35.5. The molecule has 0 bridgehead atoms. The average Bonchev–Trinajstić information content (AvgIpc) is 2.75. The summed E-state index contributed by atoms with van der Waals surface area (Å²) in [5.74, 6) is 1.70. The summed E-state index contributed by atoms with van der Waals surface area (Å²) < 4.78 is 0.289. The molecular weight excluding hydrogens is 256 g/mol. The normalized spacial score (nSPS) is 32.9. The zero-order valence-corrected chi connectivity index (χ0v) is 12.1. The Kier molecular flexibility index (Phi) is 6.10. The Balaban J connectivity index is 0.00000144. The fourth-order valence-electron chi connectivity index (χ4n) is 2.47. The minimum Gasteiger partial charge on any atom is -0.354 e. The van der Waals surface area contributed by atoms with Crippen molar-refractivity contribution >= 4 is 30.1 Å². The third-order valence-corrected chi connectivity index (χ3v) is 5.14. The summed E-state index contributed by atoms with van der Waals surface area (Å²) in [5.41, 5.74) is 0. The quantitative estimate of drug-likeness (QED) is 0.827. The Labute approximate surface area is 114 Å². The standard InChI is InChI=1S/C12H22N2OS.ClH/c1-12(5-3-7-16-12)9-14-11(15)10-4-2-6-13-8-10;/h10,13H,2-9H2,1H3,(H,14,15);1H/t10-,12?;/m1./s1. The van der Waals surface area contributed by atoms with Crippen molar-refractivity contribution in [3.63, 3.8) is 0 Å². The average molecular weight is 279 g/mol. The molecule has 2 saturated heterocycles. The van der Waals surface area contributed by atoms with Crippen molar-refractivity contribution in [1.29, 1.82) is 0 Å². The summed E-state index contributed by atoms with van der Waals surface area (Å²) >= 11 is 2.00. The maximum atomic E-state index is 11.9. The lowest BCUT2D eigenvalue weighted by Crippen LogP contribution is -2.44. The van der Waals surface area contributed by atoms with E-state index in [4.69, 9.17) is 0 Å². The van der Waals surface area contributed by atoms with E-state index in [1.165, 1.54) is 18.6 Å². The maximum absolute atomic E-state index is 11.9. The monoisotopic (exact) mass is 278 g/mol. The lowest BCUT2D eigenvalue weighted by Gasteiger charge is -2.26. The van der Waals surface area contributed by atoms with Crippen LogP contribution < -0.4 is 10.6 Å². The van der Waals surface area contributed by atoms with E-state index in [1.807, 2.05) is 11.8 Å². The number of hydrogen-bond acceptors (Lipinski definition) is 3. The van der Waals surface area contributed by atoms with Crippen LogP contribution in [0, 0.1) is 5.92 Å². The molecule has 0 aromatic carbocycles. The SMILES string of the molecule is CC1(CNC(=O)[C@@H]2CCCNC2)CCCS1.Cl. The number of carbonyl (C=O) groups excluding carboxylic acids is 1. The van der Waals surface area contributed by atoms with Crippen LogP contribution in [0.5, 0.6) is 0 Å². The zero-order chi connectivity index (χ0) is 11.4. The highest BCUT2D eigenvalue weighted by Gasteiger charge is 2.30. The minimum atomic E-state index is 0. The van der Waals surface area contributed by atoms with E-state index in [0.29, 0.717) is 0 Å². The summed E-state index contributed by atoms with van der Waals surface area (Å²) in [6.07, 6.45) is 4.70. The van der Waals surface area contributed by atoms with Gasteiger partial charge in [0.2, 0.25) is 5.91 Å². The molecule has 1 unspecified atom stereocenters. The van der Waals surface area contributed by atoms with Crippen LogP contribution in [-0.4, -0.2) is 36.0 Å². The Morgan fingerprint density at radius 1 is 1.53 bits per heavy atom. The number of hydrogen-bond donors (Lipinski definition) is 2. The summed E-state index contributed by atoms with van der Waals surface area (Å²) in [6.45, 7) is 5.03. The van der Waals surface area contributed by atoms with Crippen LogP contribution in [0.15, 0.2) is 0 Å². The predicted octanol–water partition coefficient (Wildman–Crippen LogP) is 1.81. The molecule has 0 radical (unpaired) electrons. The maximum Gasteiger partial charge on any atom is 0.224 e. The van der Waals surface area contributed by atoms with Crippen LogP contribution in [0.1, 0.15) is 32.6 Å². The van der Waals surface area contributed by atoms with Gasteiger partial charge in [-0.15, -0.1) is 12.4 Å². The van der Waals surface area contributed by atoms with Gasteiger partial charge in [0.1, 0.15) is 0 Å². The van der Waals surface area contributed by atoms with Crippen molar-refractivity contribution in [2.24, 2.45) is 5.92 Å². The molecule has 2 aliphatic heterocycles. The summed E-state index contributed by atoms with van der Waals surface area (Å²) in [5, 5.41) is 6.42.